The molecule has 0 atom stereocenters. The van der Waals surface area contributed by atoms with E-state index in [1.807, 2.05) is 0 Å². The second-order valence-electron chi connectivity index (χ2n) is 6.32. The number of rotatable bonds is 5. The van der Waals surface area contributed by atoms with E-state index < -0.39 is 0 Å². The van der Waals surface area contributed by atoms with Gasteiger partial charge in [-0.1, -0.05) is 6.42 Å². The van der Waals surface area contributed by atoms with Crippen LogP contribution < -0.4 is 14.8 Å². The van der Waals surface area contributed by atoms with Gasteiger partial charge < -0.3 is 14.8 Å². The van der Waals surface area contributed by atoms with Crippen molar-refractivity contribution in [2.75, 3.05) is 19.9 Å². The summed E-state index contributed by atoms with van der Waals surface area (Å²) in [7, 11) is 0. The fourth-order valence-electron chi connectivity index (χ4n) is 3.15. The molecule has 7 heteroatoms. The van der Waals surface area contributed by atoms with Crippen LogP contribution in [0.1, 0.15) is 40.3 Å². The van der Waals surface area contributed by atoms with Crippen molar-refractivity contribution in [2.24, 2.45) is 0 Å². The molecule has 0 radical (unpaired) electrons. The van der Waals surface area contributed by atoms with E-state index in [9.17, 15) is 4.79 Å². The number of amides is 1. The molecule has 2 aliphatic heterocycles. The van der Waals surface area contributed by atoms with Crippen molar-refractivity contribution in [1.29, 1.82) is 0 Å². The number of carbonyl (C=O) groups excluding carboxylic acids is 1. The molecule has 25 heavy (non-hydrogen) atoms. The monoisotopic (exact) mass is 359 g/mol. The first-order valence-electron chi connectivity index (χ1n) is 8.61. The summed E-state index contributed by atoms with van der Waals surface area (Å²) in [5.41, 5.74) is 1.66. The third-order valence-corrected chi connectivity index (χ3v) is 5.37. The molecule has 132 valence electrons. The minimum Gasteiger partial charge on any atom is -0.454 e. The summed E-state index contributed by atoms with van der Waals surface area (Å²) in [6.07, 6.45) is 3.90. The molecule has 4 rings (SSSR count). The van der Waals surface area contributed by atoms with Crippen molar-refractivity contribution in [3.63, 3.8) is 0 Å². The minimum absolute atomic E-state index is 0.133. The molecule has 2 aliphatic rings. The van der Waals surface area contributed by atoms with Crippen molar-refractivity contribution in [2.45, 2.75) is 32.4 Å². The molecule has 1 fully saturated rings. The fourth-order valence-corrected chi connectivity index (χ4v) is 3.87. The molecule has 0 unspecified atom stereocenters. The number of hydrogen-bond acceptors (Lipinski definition) is 6. The summed E-state index contributed by atoms with van der Waals surface area (Å²) in [4.78, 5) is 19.4. The van der Waals surface area contributed by atoms with E-state index in [0.717, 1.165) is 30.3 Å². The number of ether oxygens (including phenoxy) is 2. The van der Waals surface area contributed by atoms with Crippen LogP contribution in [0.2, 0.25) is 0 Å². The van der Waals surface area contributed by atoms with Crippen LogP contribution in [-0.4, -0.2) is 35.7 Å². The molecule has 1 aromatic carbocycles. The third-order valence-electron chi connectivity index (χ3n) is 4.47. The van der Waals surface area contributed by atoms with Crippen molar-refractivity contribution in [3.8, 4) is 11.5 Å². The average molecular weight is 359 g/mol. The Balaban J connectivity index is 1.31. The second kappa shape index (κ2) is 7.41. The van der Waals surface area contributed by atoms with Crippen LogP contribution in [0, 0.1) is 0 Å². The van der Waals surface area contributed by atoms with E-state index in [-0.39, 0.29) is 12.7 Å². The van der Waals surface area contributed by atoms with Gasteiger partial charge in [-0.15, -0.1) is 11.3 Å². The number of nitrogens with one attached hydrogen (secondary N) is 1. The van der Waals surface area contributed by atoms with Crippen molar-refractivity contribution < 1.29 is 14.3 Å². The molecule has 2 aromatic rings. The molecule has 0 spiro atoms. The Hall–Kier alpha value is -2.12. The van der Waals surface area contributed by atoms with E-state index in [2.05, 4.69) is 20.6 Å². The number of benzene rings is 1. The van der Waals surface area contributed by atoms with E-state index >= 15 is 0 Å². The van der Waals surface area contributed by atoms with Crippen LogP contribution in [0.5, 0.6) is 11.5 Å². The third kappa shape index (κ3) is 3.93. The van der Waals surface area contributed by atoms with Gasteiger partial charge in [-0.2, -0.15) is 0 Å². The van der Waals surface area contributed by atoms with Gasteiger partial charge in [0, 0.05) is 17.5 Å². The van der Waals surface area contributed by atoms with Crippen LogP contribution in [0.15, 0.2) is 23.6 Å². The largest absolute Gasteiger partial charge is 0.454 e. The minimum atomic E-state index is -0.133. The maximum absolute atomic E-state index is 12.3. The SMILES string of the molecule is O=C(NCc1nc(CN2CCCCC2)cs1)c1ccc2c(c1)OCO2. The molecule has 1 saturated heterocycles. The molecule has 0 aliphatic carbocycles. The quantitative estimate of drug-likeness (QED) is 0.889. The Bertz CT molecular complexity index is 756. The second-order valence-corrected chi connectivity index (χ2v) is 7.26. The van der Waals surface area contributed by atoms with Crippen LogP contribution in [0.4, 0.5) is 0 Å². The lowest BCUT2D eigenvalue weighted by molar-refractivity contribution is 0.0950. The van der Waals surface area contributed by atoms with Crippen LogP contribution in [0.25, 0.3) is 0 Å². The Labute approximate surface area is 150 Å². The molecular formula is C18H21N3O3S. The number of likely N-dealkylation sites (tertiary alicyclic amines) is 1. The zero-order valence-corrected chi connectivity index (χ0v) is 14.8. The van der Waals surface area contributed by atoms with Crippen molar-refractivity contribution >= 4 is 17.2 Å². The van der Waals surface area contributed by atoms with Gasteiger partial charge in [-0.05, 0) is 44.1 Å². The smallest absolute Gasteiger partial charge is 0.251 e. The van der Waals surface area contributed by atoms with Crippen molar-refractivity contribution in [1.82, 2.24) is 15.2 Å². The van der Waals surface area contributed by atoms with E-state index in [4.69, 9.17) is 9.47 Å². The number of thiazole rings is 1. The first kappa shape index (κ1) is 16.4. The molecule has 1 aromatic heterocycles. The molecular weight excluding hydrogens is 338 g/mol. The van der Waals surface area contributed by atoms with Gasteiger partial charge in [0.25, 0.3) is 5.91 Å². The molecule has 0 bridgehead atoms. The Kier molecular flexibility index (Phi) is 4.85. The lowest BCUT2D eigenvalue weighted by atomic mass is 10.1. The van der Waals surface area contributed by atoms with Crippen LogP contribution in [-0.2, 0) is 13.1 Å². The maximum Gasteiger partial charge on any atom is 0.251 e. The average Bonchev–Trinajstić information content (AvgIpc) is 3.29. The Morgan fingerprint density at radius 3 is 2.92 bits per heavy atom. The highest BCUT2D eigenvalue weighted by atomic mass is 32.1. The van der Waals surface area contributed by atoms with Gasteiger partial charge in [0.1, 0.15) is 5.01 Å². The number of nitrogens with zero attached hydrogens (tertiary/aromatic N) is 2. The fraction of sp³-hybridized carbons (Fsp3) is 0.444. The first-order valence-corrected chi connectivity index (χ1v) is 9.49. The van der Waals surface area contributed by atoms with Gasteiger partial charge in [0.2, 0.25) is 6.79 Å². The number of fused-ring (bicyclic) bond motifs is 1. The van der Waals surface area contributed by atoms with Gasteiger partial charge in [0.15, 0.2) is 11.5 Å². The van der Waals surface area contributed by atoms with Crippen molar-refractivity contribution in [3.05, 3.63) is 39.8 Å². The van der Waals surface area contributed by atoms with Crippen LogP contribution in [0.3, 0.4) is 0 Å². The molecule has 0 saturated carbocycles. The summed E-state index contributed by atoms with van der Waals surface area (Å²) in [5, 5.41) is 5.95. The van der Waals surface area contributed by atoms with Gasteiger partial charge >= 0.3 is 0 Å². The van der Waals surface area contributed by atoms with E-state index in [1.54, 1.807) is 29.5 Å². The van der Waals surface area contributed by atoms with E-state index in [0.29, 0.717) is 23.6 Å². The molecule has 3 heterocycles. The predicted molar refractivity (Wildman–Crippen MR) is 95.0 cm³/mol. The zero-order chi connectivity index (χ0) is 17.1. The maximum atomic E-state index is 12.3. The predicted octanol–water partition coefficient (Wildman–Crippen LogP) is 2.79. The standard InChI is InChI=1S/C18H21N3O3S/c22-18(13-4-5-15-16(8-13)24-12-23-15)19-9-17-20-14(11-25-17)10-21-6-2-1-3-7-21/h4-5,8,11H,1-3,6-7,9-10,12H2,(H,19,22). The van der Waals surface area contributed by atoms with Gasteiger partial charge in [-0.25, -0.2) is 4.98 Å². The van der Waals surface area contributed by atoms with E-state index in [1.165, 1.54) is 19.3 Å². The molecule has 6 nitrogen and oxygen atoms in total. The zero-order valence-electron chi connectivity index (χ0n) is 14.0. The number of hydrogen-bond donors (Lipinski definition) is 1. The molecule has 1 amide bonds. The highest BCUT2D eigenvalue weighted by Crippen LogP contribution is 2.32. The Morgan fingerprint density at radius 2 is 2.04 bits per heavy atom. The lowest BCUT2D eigenvalue weighted by Crippen LogP contribution is -2.29. The summed E-state index contributed by atoms with van der Waals surface area (Å²) in [6.45, 7) is 3.88. The topological polar surface area (TPSA) is 63.7 Å². The Morgan fingerprint density at radius 1 is 1.20 bits per heavy atom. The lowest BCUT2D eigenvalue weighted by Gasteiger charge is -2.25. The number of piperidine rings is 1. The molecule has 1 N–H and O–H groups in total. The van der Waals surface area contributed by atoms with Gasteiger partial charge in [-0.3, -0.25) is 9.69 Å². The summed E-state index contributed by atoms with van der Waals surface area (Å²) in [6, 6.07) is 5.21. The summed E-state index contributed by atoms with van der Waals surface area (Å²) < 4.78 is 10.6. The highest BCUT2D eigenvalue weighted by molar-refractivity contribution is 7.09. The highest BCUT2D eigenvalue weighted by Gasteiger charge is 2.17. The van der Waals surface area contributed by atoms with Crippen LogP contribution >= 0.6 is 11.3 Å². The number of carbonyl (C=O) groups is 1. The number of aromatic nitrogens is 1. The first-order chi connectivity index (χ1) is 12.3. The summed E-state index contributed by atoms with van der Waals surface area (Å²) in [5.74, 6) is 1.16. The normalized spacial score (nSPS) is 16.8. The summed E-state index contributed by atoms with van der Waals surface area (Å²) >= 11 is 1.60. The van der Waals surface area contributed by atoms with Gasteiger partial charge in [0.05, 0.1) is 12.2 Å².